The minimum absolute atomic E-state index is 0.165. The molecule has 1 aliphatic heterocycles. The van der Waals surface area contributed by atoms with E-state index in [-0.39, 0.29) is 31.5 Å². The topological polar surface area (TPSA) is 87.8 Å². The first-order valence-corrected chi connectivity index (χ1v) is 10.3. The van der Waals surface area contributed by atoms with Crippen molar-refractivity contribution in [1.82, 2.24) is 20.1 Å². The minimum Gasteiger partial charge on any atom is -0.467 e. The van der Waals surface area contributed by atoms with Crippen LogP contribution in [0.1, 0.15) is 5.76 Å². The molecule has 0 unspecified atom stereocenters. The molecule has 0 radical (unpaired) electrons. The summed E-state index contributed by atoms with van der Waals surface area (Å²) < 4.78 is 10.8. The Kier molecular flexibility index (Phi) is 6.82. The molecule has 164 valence electrons. The van der Waals surface area contributed by atoms with Crippen molar-refractivity contribution < 1.29 is 13.9 Å². The number of piperazine rings is 1. The highest BCUT2D eigenvalue weighted by molar-refractivity contribution is 5.78. The van der Waals surface area contributed by atoms with Crippen LogP contribution in [0.4, 0.5) is 11.6 Å². The highest BCUT2D eigenvalue weighted by atomic mass is 16.5. The van der Waals surface area contributed by atoms with Gasteiger partial charge in [-0.3, -0.25) is 4.79 Å². The van der Waals surface area contributed by atoms with Gasteiger partial charge in [0, 0.05) is 38.4 Å². The number of amides is 1. The zero-order chi connectivity index (χ0) is 22.2. The number of nitrogens with zero attached hydrogens (tertiary/aromatic N) is 6. The van der Waals surface area contributed by atoms with E-state index in [9.17, 15) is 4.79 Å². The van der Waals surface area contributed by atoms with Crippen LogP contribution in [-0.2, 0) is 11.3 Å². The number of aromatic nitrogens is 3. The van der Waals surface area contributed by atoms with Gasteiger partial charge in [0.05, 0.1) is 19.4 Å². The standard InChI is InChI=1S/C23H24N6O3/c1-2-11-29(17-19-6-5-16-31-19)23(30)18-32-22-9-8-21(25-26-22)28-14-12-27(13-15-28)20-7-3-4-10-24-20/h1,3-10,16H,11-15,17-18H2. The summed E-state index contributed by atoms with van der Waals surface area (Å²) in [7, 11) is 0. The molecule has 4 rings (SSSR count). The molecule has 1 fully saturated rings. The van der Waals surface area contributed by atoms with Gasteiger partial charge >= 0.3 is 0 Å². The van der Waals surface area contributed by atoms with Crippen LogP contribution in [0, 0.1) is 12.3 Å². The summed E-state index contributed by atoms with van der Waals surface area (Å²) in [4.78, 5) is 22.8. The molecule has 0 spiro atoms. The van der Waals surface area contributed by atoms with Crippen LogP contribution in [0.5, 0.6) is 5.88 Å². The lowest BCUT2D eigenvalue weighted by Crippen LogP contribution is -2.47. The molecule has 9 nitrogen and oxygen atoms in total. The third kappa shape index (κ3) is 5.35. The average Bonchev–Trinajstić information content (AvgIpc) is 3.36. The van der Waals surface area contributed by atoms with Crippen LogP contribution >= 0.6 is 0 Å². The predicted molar refractivity (Wildman–Crippen MR) is 119 cm³/mol. The van der Waals surface area contributed by atoms with Gasteiger partial charge in [-0.15, -0.1) is 16.6 Å². The number of rotatable bonds is 8. The molecule has 0 saturated carbocycles. The highest BCUT2D eigenvalue weighted by Gasteiger charge is 2.20. The van der Waals surface area contributed by atoms with Crippen LogP contribution in [0.2, 0.25) is 0 Å². The number of carbonyl (C=O) groups is 1. The van der Waals surface area contributed by atoms with Gasteiger partial charge < -0.3 is 23.9 Å². The molecule has 32 heavy (non-hydrogen) atoms. The number of carbonyl (C=O) groups excluding carboxylic acids is 1. The van der Waals surface area contributed by atoms with Gasteiger partial charge in [0.1, 0.15) is 11.6 Å². The summed E-state index contributed by atoms with van der Waals surface area (Å²) in [5.41, 5.74) is 0. The fourth-order valence-corrected chi connectivity index (χ4v) is 3.42. The second-order valence-corrected chi connectivity index (χ2v) is 7.21. The average molecular weight is 432 g/mol. The van der Waals surface area contributed by atoms with E-state index in [4.69, 9.17) is 15.6 Å². The Hall–Kier alpha value is -4.06. The maximum absolute atomic E-state index is 12.5. The van der Waals surface area contributed by atoms with Crippen molar-refractivity contribution in [3.8, 4) is 18.2 Å². The Balaban J connectivity index is 1.27. The number of furan rings is 1. The first kappa shape index (κ1) is 21.2. The lowest BCUT2D eigenvalue weighted by Gasteiger charge is -2.35. The Morgan fingerprint density at radius 1 is 1.06 bits per heavy atom. The van der Waals surface area contributed by atoms with Gasteiger partial charge in [-0.1, -0.05) is 12.0 Å². The number of hydrogen-bond acceptors (Lipinski definition) is 8. The van der Waals surface area contributed by atoms with Crippen LogP contribution in [-0.4, -0.2) is 65.3 Å². The molecule has 0 N–H and O–H groups in total. The zero-order valence-corrected chi connectivity index (χ0v) is 17.6. The quantitative estimate of drug-likeness (QED) is 0.498. The third-order valence-electron chi connectivity index (χ3n) is 5.11. The number of anilines is 2. The van der Waals surface area contributed by atoms with Gasteiger partial charge in [-0.05, 0) is 30.3 Å². The molecular weight excluding hydrogens is 408 g/mol. The molecule has 1 aliphatic rings. The molecule has 3 aromatic rings. The van der Waals surface area contributed by atoms with E-state index in [1.165, 1.54) is 4.90 Å². The van der Waals surface area contributed by atoms with Crippen molar-refractivity contribution in [3.05, 3.63) is 60.7 Å². The molecule has 1 saturated heterocycles. The summed E-state index contributed by atoms with van der Waals surface area (Å²) in [6.07, 6.45) is 8.74. The zero-order valence-electron chi connectivity index (χ0n) is 17.6. The van der Waals surface area contributed by atoms with Crippen molar-refractivity contribution in [2.24, 2.45) is 0 Å². The molecule has 3 aromatic heterocycles. The van der Waals surface area contributed by atoms with Gasteiger partial charge in [0.15, 0.2) is 12.4 Å². The molecule has 0 aliphatic carbocycles. The largest absolute Gasteiger partial charge is 0.467 e. The van der Waals surface area contributed by atoms with Crippen molar-refractivity contribution in [1.29, 1.82) is 0 Å². The Morgan fingerprint density at radius 2 is 1.88 bits per heavy atom. The second-order valence-electron chi connectivity index (χ2n) is 7.21. The van der Waals surface area contributed by atoms with Crippen LogP contribution in [0.25, 0.3) is 0 Å². The predicted octanol–water partition coefficient (Wildman–Crippen LogP) is 1.83. The van der Waals surface area contributed by atoms with Crippen molar-refractivity contribution in [2.45, 2.75) is 6.54 Å². The fourth-order valence-electron chi connectivity index (χ4n) is 3.42. The smallest absolute Gasteiger partial charge is 0.261 e. The van der Waals surface area contributed by atoms with Crippen molar-refractivity contribution in [2.75, 3.05) is 49.1 Å². The SMILES string of the molecule is C#CCN(Cc1ccco1)C(=O)COc1ccc(N2CCN(c3ccccn3)CC2)nn1. The highest BCUT2D eigenvalue weighted by Crippen LogP contribution is 2.18. The Bertz CT molecular complexity index is 1030. The van der Waals surface area contributed by atoms with E-state index in [1.807, 2.05) is 24.3 Å². The van der Waals surface area contributed by atoms with Gasteiger partial charge in [0.25, 0.3) is 5.91 Å². The molecule has 0 aromatic carbocycles. The molecule has 1 amide bonds. The molecule has 4 heterocycles. The molecule has 9 heteroatoms. The summed E-state index contributed by atoms with van der Waals surface area (Å²) in [6.45, 7) is 3.61. The Labute approximate surface area is 186 Å². The maximum Gasteiger partial charge on any atom is 0.261 e. The first-order chi connectivity index (χ1) is 15.7. The van der Waals surface area contributed by atoms with Gasteiger partial charge in [-0.25, -0.2) is 4.98 Å². The maximum atomic E-state index is 12.5. The molecule has 0 atom stereocenters. The normalized spacial score (nSPS) is 13.5. The van der Waals surface area contributed by atoms with E-state index in [0.717, 1.165) is 37.8 Å². The molecule has 0 bridgehead atoms. The van der Waals surface area contributed by atoms with E-state index < -0.39 is 0 Å². The lowest BCUT2D eigenvalue weighted by atomic mass is 10.3. The van der Waals surface area contributed by atoms with Crippen molar-refractivity contribution >= 4 is 17.5 Å². The van der Waals surface area contributed by atoms with E-state index in [1.54, 1.807) is 30.7 Å². The Morgan fingerprint density at radius 3 is 2.50 bits per heavy atom. The number of hydrogen-bond donors (Lipinski definition) is 0. The molecular formula is C23H24N6O3. The van der Waals surface area contributed by atoms with Crippen LogP contribution in [0.3, 0.4) is 0 Å². The first-order valence-electron chi connectivity index (χ1n) is 10.3. The fraction of sp³-hybridized carbons (Fsp3) is 0.304. The van der Waals surface area contributed by atoms with E-state index in [2.05, 4.69) is 30.9 Å². The van der Waals surface area contributed by atoms with Crippen molar-refractivity contribution in [3.63, 3.8) is 0 Å². The summed E-state index contributed by atoms with van der Waals surface area (Å²) in [5.74, 6) is 4.93. The lowest BCUT2D eigenvalue weighted by molar-refractivity contribution is -0.133. The summed E-state index contributed by atoms with van der Waals surface area (Å²) in [6, 6.07) is 13.1. The number of pyridine rings is 1. The van der Waals surface area contributed by atoms with Crippen LogP contribution in [0.15, 0.2) is 59.3 Å². The summed E-state index contributed by atoms with van der Waals surface area (Å²) in [5, 5.41) is 8.38. The van der Waals surface area contributed by atoms with E-state index >= 15 is 0 Å². The second kappa shape index (κ2) is 10.3. The number of ether oxygens (including phenoxy) is 1. The minimum atomic E-state index is -0.254. The van der Waals surface area contributed by atoms with Gasteiger partial charge in [0.2, 0.25) is 5.88 Å². The summed E-state index contributed by atoms with van der Waals surface area (Å²) >= 11 is 0. The number of terminal acetylenes is 1. The monoisotopic (exact) mass is 432 g/mol. The van der Waals surface area contributed by atoms with Gasteiger partial charge in [-0.2, -0.15) is 0 Å². The van der Waals surface area contributed by atoms with E-state index in [0.29, 0.717) is 5.76 Å². The van der Waals surface area contributed by atoms with Crippen LogP contribution < -0.4 is 14.5 Å². The third-order valence-corrected chi connectivity index (χ3v) is 5.11.